The Morgan fingerprint density at radius 3 is 2.48 bits per heavy atom. The highest BCUT2D eigenvalue weighted by atomic mass is 19.3. The molecule has 0 unspecified atom stereocenters. The van der Waals surface area contributed by atoms with Gasteiger partial charge in [0.1, 0.15) is 5.39 Å². The number of aromatic amines is 1. The summed E-state index contributed by atoms with van der Waals surface area (Å²) in [6.45, 7) is 5.93. The van der Waals surface area contributed by atoms with Crippen LogP contribution >= 0.6 is 0 Å². The van der Waals surface area contributed by atoms with Gasteiger partial charge in [0.25, 0.3) is 12.0 Å². The number of hydrogen-bond acceptors (Lipinski definition) is 5. The van der Waals surface area contributed by atoms with Gasteiger partial charge in [-0.25, -0.2) is 13.5 Å². The number of anilines is 1. The van der Waals surface area contributed by atoms with Gasteiger partial charge < -0.3 is 9.64 Å². The lowest BCUT2D eigenvalue weighted by Crippen LogP contribution is -2.38. The van der Waals surface area contributed by atoms with E-state index in [0.29, 0.717) is 60.1 Å². The van der Waals surface area contributed by atoms with Crippen molar-refractivity contribution in [2.45, 2.75) is 20.3 Å². The molecule has 142 valence electrons. The number of hydrogen-bond donors (Lipinski definition) is 1. The lowest BCUT2D eigenvalue weighted by Gasteiger charge is -2.26. The van der Waals surface area contributed by atoms with Gasteiger partial charge in [-0.15, -0.1) is 5.10 Å². The van der Waals surface area contributed by atoms with Crippen molar-refractivity contribution in [3.05, 3.63) is 45.4 Å². The first kappa shape index (κ1) is 17.6. The van der Waals surface area contributed by atoms with Gasteiger partial charge in [0.2, 0.25) is 5.95 Å². The summed E-state index contributed by atoms with van der Waals surface area (Å²) in [6, 6.07) is 2.88. The molecule has 3 heterocycles. The van der Waals surface area contributed by atoms with Crippen molar-refractivity contribution in [3.63, 3.8) is 0 Å². The van der Waals surface area contributed by atoms with Crippen LogP contribution in [0.15, 0.2) is 23.1 Å². The smallest absolute Gasteiger partial charge is 0.263 e. The number of morpholine rings is 1. The molecule has 0 spiro atoms. The fourth-order valence-electron chi connectivity index (χ4n) is 3.42. The van der Waals surface area contributed by atoms with Crippen LogP contribution in [0, 0.1) is 13.8 Å². The molecule has 1 aliphatic heterocycles. The van der Waals surface area contributed by atoms with Gasteiger partial charge in [-0.2, -0.15) is 4.98 Å². The minimum Gasteiger partial charge on any atom is -0.378 e. The van der Waals surface area contributed by atoms with Gasteiger partial charge in [0.15, 0.2) is 5.65 Å². The van der Waals surface area contributed by atoms with Crippen LogP contribution in [0.1, 0.15) is 23.1 Å². The molecule has 0 aliphatic carbocycles. The highest BCUT2D eigenvalue weighted by Crippen LogP contribution is 2.27. The van der Waals surface area contributed by atoms with Crippen LogP contribution in [0.2, 0.25) is 0 Å². The van der Waals surface area contributed by atoms with E-state index in [0.717, 1.165) is 0 Å². The van der Waals surface area contributed by atoms with E-state index >= 15 is 0 Å². The molecule has 0 amide bonds. The number of halogens is 2. The van der Waals surface area contributed by atoms with Gasteiger partial charge in [0.05, 0.1) is 18.9 Å². The maximum atomic E-state index is 13.0. The molecule has 27 heavy (non-hydrogen) atoms. The van der Waals surface area contributed by atoms with Crippen LogP contribution in [0.4, 0.5) is 14.7 Å². The van der Waals surface area contributed by atoms with Gasteiger partial charge in [-0.1, -0.05) is 0 Å². The van der Waals surface area contributed by atoms with Crippen LogP contribution in [-0.2, 0) is 4.74 Å². The molecular formula is C18H19F2N5O2. The second-order valence-corrected chi connectivity index (χ2v) is 6.60. The zero-order valence-electron chi connectivity index (χ0n) is 15.0. The van der Waals surface area contributed by atoms with E-state index in [9.17, 15) is 13.6 Å². The molecule has 1 fully saturated rings. The summed E-state index contributed by atoms with van der Waals surface area (Å²) >= 11 is 0. The van der Waals surface area contributed by atoms with Crippen molar-refractivity contribution in [1.29, 1.82) is 0 Å². The summed E-state index contributed by atoms with van der Waals surface area (Å²) < 4.78 is 32.9. The van der Waals surface area contributed by atoms with E-state index < -0.39 is 6.43 Å². The number of rotatable bonds is 3. The number of aromatic nitrogens is 4. The zero-order valence-corrected chi connectivity index (χ0v) is 15.0. The number of ether oxygens (including phenoxy) is 1. The van der Waals surface area contributed by atoms with Crippen molar-refractivity contribution < 1.29 is 13.5 Å². The number of benzene rings is 1. The van der Waals surface area contributed by atoms with Gasteiger partial charge in [-0.05, 0) is 37.1 Å². The monoisotopic (exact) mass is 375 g/mol. The predicted octanol–water partition coefficient (Wildman–Crippen LogP) is 2.50. The molecule has 1 N–H and O–H groups in total. The molecule has 1 aliphatic rings. The third-order valence-electron chi connectivity index (χ3n) is 4.68. The second kappa shape index (κ2) is 6.73. The fraction of sp³-hybridized carbons (Fsp3) is 0.389. The van der Waals surface area contributed by atoms with Crippen molar-refractivity contribution in [1.82, 2.24) is 19.7 Å². The van der Waals surface area contributed by atoms with Crippen molar-refractivity contribution in [2.75, 3.05) is 31.2 Å². The van der Waals surface area contributed by atoms with Crippen molar-refractivity contribution >= 4 is 17.0 Å². The first-order valence-electron chi connectivity index (χ1n) is 8.66. The first-order chi connectivity index (χ1) is 12.9. The minimum absolute atomic E-state index is 0.0314. The summed E-state index contributed by atoms with van der Waals surface area (Å²) in [5.41, 5.74) is 1.98. The summed E-state index contributed by atoms with van der Waals surface area (Å²) in [5.74, 6) is 0.461. The molecule has 1 aromatic carbocycles. The Balaban J connectivity index is 1.80. The van der Waals surface area contributed by atoms with Crippen LogP contribution in [0.3, 0.4) is 0 Å². The SMILES string of the molecule is Cc1cc(C(F)F)cc(C)c1-n1cc2c(=O)[nH]c(N3CCOCC3)nc2n1. The quantitative estimate of drug-likeness (QED) is 0.761. The normalized spacial score (nSPS) is 15.1. The van der Waals surface area contributed by atoms with Crippen molar-refractivity contribution in [3.8, 4) is 5.69 Å². The van der Waals surface area contributed by atoms with E-state index in [1.54, 1.807) is 20.0 Å². The molecule has 0 radical (unpaired) electrons. The van der Waals surface area contributed by atoms with Crippen LogP contribution in [-0.4, -0.2) is 46.1 Å². The molecule has 0 saturated carbocycles. The largest absolute Gasteiger partial charge is 0.378 e. The van der Waals surface area contributed by atoms with E-state index in [1.807, 2.05) is 4.90 Å². The summed E-state index contributed by atoms with van der Waals surface area (Å²) in [5, 5.41) is 4.79. The molecular weight excluding hydrogens is 356 g/mol. The Kier molecular flexibility index (Phi) is 4.39. The average Bonchev–Trinajstić information content (AvgIpc) is 3.06. The molecule has 4 rings (SSSR count). The number of nitrogens with one attached hydrogen (secondary N) is 1. The van der Waals surface area contributed by atoms with Crippen LogP contribution in [0.5, 0.6) is 0 Å². The summed E-state index contributed by atoms with van der Waals surface area (Å²) in [7, 11) is 0. The average molecular weight is 375 g/mol. The Hall–Kier alpha value is -2.81. The third-order valence-corrected chi connectivity index (χ3v) is 4.68. The maximum absolute atomic E-state index is 13.0. The van der Waals surface area contributed by atoms with E-state index in [2.05, 4.69) is 15.1 Å². The standard InChI is InChI=1S/C18H19F2N5O2/c1-10-7-12(15(19)20)8-11(2)14(10)25-9-13-16(23-25)21-18(22-17(13)26)24-3-5-27-6-4-24/h7-9,15H,3-6H2,1-2H3,(H,21,22,23,26). The topological polar surface area (TPSA) is 76.0 Å². The van der Waals surface area contributed by atoms with Gasteiger partial charge in [0, 0.05) is 24.8 Å². The fourth-order valence-corrected chi connectivity index (χ4v) is 3.42. The molecule has 9 heteroatoms. The number of nitrogens with zero attached hydrogens (tertiary/aromatic N) is 4. The lowest BCUT2D eigenvalue weighted by molar-refractivity contribution is 0.122. The van der Waals surface area contributed by atoms with Crippen molar-refractivity contribution in [2.24, 2.45) is 0 Å². The second-order valence-electron chi connectivity index (χ2n) is 6.60. The number of fused-ring (bicyclic) bond motifs is 1. The highest BCUT2D eigenvalue weighted by molar-refractivity contribution is 5.75. The van der Waals surface area contributed by atoms with Gasteiger partial charge in [-0.3, -0.25) is 9.78 Å². The zero-order chi connectivity index (χ0) is 19.1. The minimum atomic E-state index is -2.53. The molecule has 2 aromatic heterocycles. The molecule has 0 bridgehead atoms. The number of aryl methyl sites for hydroxylation is 2. The Bertz CT molecular complexity index is 1030. The molecule has 1 saturated heterocycles. The molecule has 3 aromatic rings. The number of H-pyrrole nitrogens is 1. The van der Waals surface area contributed by atoms with E-state index in [1.165, 1.54) is 16.8 Å². The maximum Gasteiger partial charge on any atom is 0.263 e. The summed E-state index contributed by atoms with van der Waals surface area (Å²) in [6.07, 6.45) is -0.949. The molecule has 0 atom stereocenters. The summed E-state index contributed by atoms with van der Waals surface area (Å²) in [4.78, 5) is 21.7. The predicted molar refractivity (Wildman–Crippen MR) is 96.9 cm³/mol. The Labute approximate surface area is 153 Å². The Morgan fingerprint density at radius 2 is 1.85 bits per heavy atom. The van der Waals surface area contributed by atoms with E-state index in [4.69, 9.17) is 4.74 Å². The van der Waals surface area contributed by atoms with Crippen LogP contribution < -0.4 is 10.5 Å². The Morgan fingerprint density at radius 1 is 1.19 bits per heavy atom. The highest BCUT2D eigenvalue weighted by Gasteiger charge is 2.18. The van der Waals surface area contributed by atoms with E-state index in [-0.39, 0.29) is 11.1 Å². The van der Waals surface area contributed by atoms with Crippen LogP contribution in [0.25, 0.3) is 16.7 Å². The lowest BCUT2D eigenvalue weighted by atomic mass is 10.0. The first-order valence-corrected chi connectivity index (χ1v) is 8.66. The number of alkyl halides is 2. The molecule has 7 nitrogen and oxygen atoms in total. The van der Waals surface area contributed by atoms with Gasteiger partial charge >= 0.3 is 0 Å². The third kappa shape index (κ3) is 3.18.